The van der Waals surface area contributed by atoms with Gasteiger partial charge in [-0.05, 0) is 104 Å². The summed E-state index contributed by atoms with van der Waals surface area (Å²) in [5.74, 6) is 1.86. The van der Waals surface area contributed by atoms with Gasteiger partial charge in [0.15, 0.2) is 0 Å². The molecule has 0 aliphatic carbocycles. The molecule has 52 heavy (non-hydrogen) atoms. The summed E-state index contributed by atoms with van der Waals surface area (Å²) >= 11 is 0. The summed E-state index contributed by atoms with van der Waals surface area (Å²) in [6.07, 6.45) is 0. The van der Waals surface area contributed by atoms with Crippen LogP contribution in [-0.4, -0.2) is 6.71 Å². The Bertz CT molecular complexity index is 2610. The van der Waals surface area contributed by atoms with Gasteiger partial charge in [0.1, 0.15) is 11.5 Å². The van der Waals surface area contributed by atoms with Crippen LogP contribution in [0.5, 0.6) is 11.5 Å². The van der Waals surface area contributed by atoms with Crippen molar-refractivity contribution in [1.82, 2.24) is 0 Å². The quantitative estimate of drug-likeness (QED) is 0.174. The highest BCUT2D eigenvalue weighted by atomic mass is 16.5. The second-order valence-electron chi connectivity index (χ2n) is 14.9. The van der Waals surface area contributed by atoms with Gasteiger partial charge in [0.05, 0.1) is 5.69 Å². The van der Waals surface area contributed by atoms with E-state index in [2.05, 4.69) is 200 Å². The number of hydrogen-bond donors (Lipinski definition) is 0. The van der Waals surface area contributed by atoms with Crippen molar-refractivity contribution in [3.05, 3.63) is 175 Å². The molecule has 0 radical (unpaired) electrons. The fourth-order valence-corrected chi connectivity index (χ4v) is 8.42. The molecule has 4 heteroatoms. The van der Waals surface area contributed by atoms with E-state index in [1.807, 2.05) is 0 Å². The monoisotopic (exact) mass is 668 g/mol. The van der Waals surface area contributed by atoms with E-state index in [1.54, 1.807) is 0 Å². The Labute approximate surface area is 305 Å². The average Bonchev–Trinajstić information content (AvgIpc) is 3.18. The highest BCUT2D eigenvalue weighted by Crippen LogP contribution is 2.48. The molecule has 0 aromatic heterocycles. The summed E-state index contributed by atoms with van der Waals surface area (Å²) in [6.45, 7) is 6.81. The number of benzene rings is 8. The Morgan fingerprint density at radius 2 is 1.08 bits per heavy atom. The van der Waals surface area contributed by atoms with Crippen molar-refractivity contribution in [2.45, 2.75) is 26.2 Å². The fraction of sp³-hybridized carbons (Fsp3) is 0.0833. The normalized spacial score (nSPS) is 13.0. The van der Waals surface area contributed by atoms with Crippen LogP contribution in [0, 0.1) is 0 Å². The molecule has 3 nitrogen and oxygen atoms in total. The molecular formula is C48H37BN2O. The number of para-hydroxylation sites is 3. The van der Waals surface area contributed by atoms with Crippen LogP contribution in [0.4, 0.5) is 34.1 Å². The Balaban J connectivity index is 1.38. The van der Waals surface area contributed by atoms with E-state index in [0.29, 0.717) is 0 Å². The zero-order valence-electron chi connectivity index (χ0n) is 29.5. The first kappa shape index (κ1) is 30.6. The molecule has 0 fully saturated rings. The predicted molar refractivity (Wildman–Crippen MR) is 221 cm³/mol. The van der Waals surface area contributed by atoms with Crippen LogP contribution in [0.15, 0.2) is 170 Å². The molecule has 2 aliphatic heterocycles. The fourth-order valence-electron chi connectivity index (χ4n) is 8.42. The van der Waals surface area contributed by atoms with Gasteiger partial charge in [-0.15, -0.1) is 0 Å². The average molecular weight is 669 g/mol. The number of ether oxygens (including phenoxy) is 1. The zero-order valence-corrected chi connectivity index (χ0v) is 29.5. The van der Waals surface area contributed by atoms with Crippen molar-refractivity contribution >= 4 is 78.8 Å². The molecule has 0 unspecified atom stereocenters. The molecule has 10 rings (SSSR count). The van der Waals surface area contributed by atoms with E-state index in [-0.39, 0.29) is 12.1 Å². The van der Waals surface area contributed by atoms with Gasteiger partial charge in [0, 0.05) is 33.8 Å². The molecule has 248 valence electrons. The summed E-state index contributed by atoms with van der Waals surface area (Å²) in [4.78, 5) is 4.90. The minimum absolute atomic E-state index is 0.0512. The van der Waals surface area contributed by atoms with E-state index < -0.39 is 0 Å². The third-order valence-electron chi connectivity index (χ3n) is 10.8. The van der Waals surface area contributed by atoms with Crippen LogP contribution in [0.3, 0.4) is 0 Å². The highest BCUT2D eigenvalue weighted by molar-refractivity contribution is 7.02. The van der Waals surface area contributed by atoms with Crippen molar-refractivity contribution in [2.75, 3.05) is 9.80 Å². The van der Waals surface area contributed by atoms with Gasteiger partial charge < -0.3 is 14.5 Å². The van der Waals surface area contributed by atoms with Crippen LogP contribution in [0.1, 0.15) is 26.3 Å². The molecule has 2 heterocycles. The minimum atomic E-state index is -0.0946. The van der Waals surface area contributed by atoms with Crippen molar-refractivity contribution in [1.29, 1.82) is 0 Å². The lowest BCUT2D eigenvalue weighted by Crippen LogP contribution is -2.60. The van der Waals surface area contributed by atoms with Gasteiger partial charge in [0.25, 0.3) is 6.71 Å². The summed E-state index contributed by atoms with van der Waals surface area (Å²) in [5, 5.41) is 4.87. The molecule has 0 saturated heterocycles. The third kappa shape index (κ3) is 4.68. The van der Waals surface area contributed by atoms with Crippen LogP contribution in [0.25, 0.3) is 21.5 Å². The summed E-state index contributed by atoms with van der Waals surface area (Å²) in [7, 11) is 0. The van der Waals surface area contributed by atoms with Gasteiger partial charge in [-0.3, -0.25) is 0 Å². The molecule has 8 aromatic rings. The van der Waals surface area contributed by atoms with E-state index in [1.165, 1.54) is 49.2 Å². The van der Waals surface area contributed by atoms with Crippen LogP contribution in [0.2, 0.25) is 0 Å². The first-order valence-corrected chi connectivity index (χ1v) is 18.1. The Morgan fingerprint density at radius 3 is 1.75 bits per heavy atom. The minimum Gasteiger partial charge on any atom is -0.458 e. The summed E-state index contributed by atoms with van der Waals surface area (Å²) in [6, 6.07) is 61.6. The first-order chi connectivity index (χ1) is 25.5. The van der Waals surface area contributed by atoms with Crippen LogP contribution < -0.4 is 30.9 Å². The maximum absolute atomic E-state index is 7.02. The van der Waals surface area contributed by atoms with Crippen molar-refractivity contribution in [3.63, 3.8) is 0 Å². The zero-order chi connectivity index (χ0) is 35.0. The lowest BCUT2D eigenvalue weighted by Gasteiger charge is -2.42. The maximum atomic E-state index is 7.02. The highest BCUT2D eigenvalue weighted by Gasteiger charge is 2.45. The van der Waals surface area contributed by atoms with Crippen LogP contribution in [-0.2, 0) is 5.41 Å². The largest absolute Gasteiger partial charge is 0.458 e. The number of fused-ring (bicyclic) bond motifs is 8. The molecular weight excluding hydrogens is 631 g/mol. The second kappa shape index (κ2) is 11.6. The number of rotatable bonds is 4. The predicted octanol–water partition coefficient (Wildman–Crippen LogP) is 11.2. The molecule has 2 aliphatic rings. The molecule has 0 spiro atoms. The van der Waals surface area contributed by atoms with Gasteiger partial charge in [-0.1, -0.05) is 130 Å². The summed E-state index contributed by atoms with van der Waals surface area (Å²) < 4.78 is 7.02. The maximum Gasteiger partial charge on any atom is 0.258 e. The van der Waals surface area contributed by atoms with E-state index in [0.717, 1.165) is 39.9 Å². The lowest BCUT2D eigenvalue weighted by atomic mass is 9.33. The summed E-state index contributed by atoms with van der Waals surface area (Å²) in [5.41, 5.74) is 11.7. The number of hydrogen-bond acceptors (Lipinski definition) is 3. The van der Waals surface area contributed by atoms with E-state index >= 15 is 0 Å². The molecule has 0 saturated carbocycles. The molecule has 0 atom stereocenters. The van der Waals surface area contributed by atoms with Gasteiger partial charge in [-0.2, -0.15) is 0 Å². The molecule has 0 bridgehead atoms. The number of anilines is 6. The topological polar surface area (TPSA) is 15.7 Å². The lowest BCUT2D eigenvalue weighted by molar-refractivity contribution is 0.484. The molecule has 8 aromatic carbocycles. The van der Waals surface area contributed by atoms with Crippen molar-refractivity contribution in [2.24, 2.45) is 0 Å². The first-order valence-electron chi connectivity index (χ1n) is 18.1. The number of nitrogens with zero attached hydrogens (tertiary/aromatic N) is 2. The third-order valence-corrected chi connectivity index (χ3v) is 10.8. The van der Waals surface area contributed by atoms with Gasteiger partial charge >= 0.3 is 0 Å². The molecule has 0 N–H and O–H groups in total. The van der Waals surface area contributed by atoms with Crippen LogP contribution >= 0.6 is 0 Å². The standard InChI is InChI=1S/C48H37BN2O/c1-48(2,3)33-29-41-47-44(30-33)52-43-28-27-32-17-13-14-24-37(32)46(43)49(47)45-39-26-16-15-25-38(39)40(31-42(45)51(41)36-22-11-6-12-23-36)50(34-18-7-4-8-19-34)35-20-9-5-10-21-35/h4-31H,1-3H3. The van der Waals surface area contributed by atoms with Gasteiger partial charge in [-0.25, -0.2) is 0 Å². The van der Waals surface area contributed by atoms with Gasteiger partial charge in [0.2, 0.25) is 0 Å². The Kier molecular flexibility index (Phi) is 6.84. The van der Waals surface area contributed by atoms with Crippen molar-refractivity contribution < 1.29 is 4.74 Å². The van der Waals surface area contributed by atoms with Crippen molar-refractivity contribution in [3.8, 4) is 11.5 Å². The Hall–Kier alpha value is -6.26. The smallest absolute Gasteiger partial charge is 0.258 e. The molecule has 0 amide bonds. The van der Waals surface area contributed by atoms with E-state index in [4.69, 9.17) is 4.74 Å². The van der Waals surface area contributed by atoms with E-state index in [9.17, 15) is 0 Å². The Morgan fingerprint density at radius 1 is 0.500 bits per heavy atom. The second-order valence-corrected chi connectivity index (χ2v) is 14.9. The SMILES string of the molecule is CC(C)(C)c1cc2c3c(c1)N(c1ccccc1)c1cc(N(c4ccccc4)c4ccccc4)c4ccccc4c1B3c1c(ccc3ccccc13)O2.